The molecule has 2 aromatic carbocycles. The summed E-state index contributed by atoms with van der Waals surface area (Å²) in [5, 5.41) is 15.7. The summed E-state index contributed by atoms with van der Waals surface area (Å²) in [5.41, 5.74) is 1.89. The Morgan fingerprint density at radius 2 is 1.86 bits per heavy atom. The van der Waals surface area contributed by atoms with Crippen molar-refractivity contribution in [3.8, 4) is 0 Å². The van der Waals surface area contributed by atoms with Gasteiger partial charge in [0.2, 0.25) is 0 Å². The fourth-order valence-corrected chi connectivity index (χ4v) is 4.47. The summed E-state index contributed by atoms with van der Waals surface area (Å²) in [6, 6.07) is 14.5. The molecule has 3 aromatic rings. The Morgan fingerprint density at radius 1 is 1.14 bits per heavy atom. The molecule has 1 aliphatic rings. The predicted molar refractivity (Wildman–Crippen MR) is 116 cm³/mol. The van der Waals surface area contributed by atoms with Crippen molar-refractivity contribution in [2.24, 2.45) is 0 Å². The Hall–Kier alpha value is -2.62. The van der Waals surface area contributed by atoms with Gasteiger partial charge in [-0.1, -0.05) is 12.1 Å². The molecule has 1 aliphatic heterocycles. The van der Waals surface area contributed by atoms with E-state index in [0.717, 1.165) is 48.9 Å². The van der Waals surface area contributed by atoms with Crippen LogP contribution in [0.3, 0.4) is 0 Å². The number of benzene rings is 2. The number of rotatable bonds is 4. The molecule has 0 radical (unpaired) electrons. The van der Waals surface area contributed by atoms with Gasteiger partial charge in [0.05, 0.1) is 21.7 Å². The first-order chi connectivity index (χ1) is 13.6. The van der Waals surface area contributed by atoms with Gasteiger partial charge < -0.3 is 10.2 Å². The van der Waals surface area contributed by atoms with Gasteiger partial charge in [0.25, 0.3) is 5.69 Å². The van der Waals surface area contributed by atoms with Gasteiger partial charge in [0.15, 0.2) is 5.11 Å². The van der Waals surface area contributed by atoms with Gasteiger partial charge in [-0.25, -0.2) is 4.98 Å². The van der Waals surface area contributed by atoms with Crippen molar-refractivity contribution in [3.63, 3.8) is 0 Å². The Kier molecular flexibility index (Phi) is 5.47. The highest BCUT2D eigenvalue weighted by atomic mass is 32.1. The summed E-state index contributed by atoms with van der Waals surface area (Å²) in [6.07, 6.45) is 0. The molecule has 1 saturated heterocycles. The molecule has 9 heteroatoms. The minimum absolute atomic E-state index is 0.0694. The number of aromatic nitrogens is 1. The van der Waals surface area contributed by atoms with Crippen LogP contribution in [0.5, 0.6) is 0 Å². The van der Waals surface area contributed by atoms with Crippen LogP contribution >= 0.6 is 23.6 Å². The number of para-hydroxylation sites is 1. The summed E-state index contributed by atoms with van der Waals surface area (Å²) in [4.78, 5) is 19.6. The van der Waals surface area contributed by atoms with E-state index >= 15 is 0 Å². The lowest BCUT2D eigenvalue weighted by Gasteiger charge is -2.35. The van der Waals surface area contributed by atoms with Gasteiger partial charge in [-0.2, -0.15) is 0 Å². The molecule has 0 aliphatic carbocycles. The monoisotopic (exact) mass is 413 g/mol. The molecule has 2 heterocycles. The van der Waals surface area contributed by atoms with E-state index in [-0.39, 0.29) is 5.69 Å². The van der Waals surface area contributed by atoms with E-state index in [1.54, 1.807) is 23.5 Å². The lowest BCUT2D eigenvalue weighted by molar-refractivity contribution is -0.384. The van der Waals surface area contributed by atoms with Gasteiger partial charge in [-0.05, 0) is 36.5 Å². The number of nitrogens with zero attached hydrogens (tertiary/aromatic N) is 4. The highest BCUT2D eigenvalue weighted by molar-refractivity contribution is 7.80. The first kappa shape index (κ1) is 18.7. The maximum Gasteiger partial charge on any atom is 0.269 e. The number of thiocarbonyl (C=S) groups is 1. The number of non-ortho nitro benzene ring substituents is 1. The van der Waals surface area contributed by atoms with E-state index in [1.165, 1.54) is 16.8 Å². The van der Waals surface area contributed by atoms with Crippen LogP contribution in [0.2, 0.25) is 0 Å². The molecule has 0 unspecified atom stereocenters. The van der Waals surface area contributed by atoms with Crippen molar-refractivity contribution in [2.45, 2.75) is 6.54 Å². The van der Waals surface area contributed by atoms with Crippen LogP contribution in [0.1, 0.15) is 5.01 Å². The minimum atomic E-state index is -0.410. The highest BCUT2D eigenvalue weighted by Gasteiger charge is 2.20. The molecule has 1 fully saturated rings. The second kappa shape index (κ2) is 8.17. The molecule has 28 heavy (non-hydrogen) atoms. The lowest BCUT2D eigenvalue weighted by Crippen LogP contribution is -2.49. The Labute approximate surface area is 171 Å². The average molecular weight is 414 g/mol. The highest BCUT2D eigenvalue weighted by Crippen LogP contribution is 2.23. The van der Waals surface area contributed by atoms with E-state index in [2.05, 4.69) is 27.2 Å². The number of anilines is 1. The maximum absolute atomic E-state index is 10.7. The maximum atomic E-state index is 10.7. The predicted octanol–water partition coefficient (Wildman–Crippen LogP) is 3.72. The number of nitro benzene ring substituents is 1. The van der Waals surface area contributed by atoms with E-state index < -0.39 is 4.92 Å². The molecular formula is C19H19N5O2S2. The van der Waals surface area contributed by atoms with Crippen molar-refractivity contribution in [1.29, 1.82) is 0 Å². The quantitative estimate of drug-likeness (QED) is 0.397. The van der Waals surface area contributed by atoms with Gasteiger partial charge >= 0.3 is 0 Å². The molecule has 0 atom stereocenters. The third-order valence-corrected chi connectivity index (χ3v) is 6.07. The summed E-state index contributed by atoms with van der Waals surface area (Å²) < 4.78 is 1.23. The van der Waals surface area contributed by atoms with Crippen molar-refractivity contribution in [2.75, 3.05) is 31.5 Å². The zero-order valence-corrected chi connectivity index (χ0v) is 16.7. The van der Waals surface area contributed by atoms with E-state index in [9.17, 15) is 10.1 Å². The molecule has 1 N–H and O–H groups in total. The Bertz CT molecular complexity index is 964. The smallest absolute Gasteiger partial charge is 0.269 e. The molecule has 4 rings (SSSR count). The number of nitrogens with one attached hydrogen (secondary N) is 1. The number of fused-ring (bicyclic) bond motifs is 1. The van der Waals surface area contributed by atoms with Gasteiger partial charge in [-0.15, -0.1) is 11.3 Å². The number of hydrogen-bond acceptors (Lipinski definition) is 6. The summed E-state index contributed by atoms with van der Waals surface area (Å²) in [7, 11) is 0. The molecule has 0 spiro atoms. The first-order valence-electron chi connectivity index (χ1n) is 8.96. The summed E-state index contributed by atoms with van der Waals surface area (Å²) in [6.45, 7) is 4.36. The second-order valence-electron chi connectivity index (χ2n) is 6.57. The minimum Gasteiger partial charge on any atom is -0.346 e. The van der Waals surface area contributed by atoms with E-state index in [1.807, 2.05) is 12.1 Å². The number of nitro groups is 1. The Balaban J connectivity index is 1.29. The van der Waals surface area contributed by atoms with Gasteiger partial charge in [0.1, 0.15) is 5.01 Å². The third kappa shape index (κ3) is 4.27. The van der Waals surface area contributed by atoms with Crippen LogP contribution in [-0.2, 0) is 6.54 Å². The van der Waals surface area contributed by atoms with Crippen molar-refractivity contribution >= 4 is 50.3 Å². The van der Waals surface area contributed by atoms with Crippen molar-refractivity contribution in [3.05, 3.63) is 63.7 Å². The summed E-state index contributed by atoms with van der Waals surface area (Å²) in [5.74, 6) is 0. The topological polar surface area (TPSA) is 74.5 Å². The molecule has 144 valence electrons. The summed E-state index contributed by atoms with van der Waals surface area (Å²) >= 11 is 7.25. The van der Waals surface area contributed by atoms with Crippen LogP contribution in [-0.4, -0.2) is 51.0 Å². The molecule has 1 aromatic heterocycles. The van der Waals surface area contributed by atoms with Gasteiger partial charge in [-0.3, -0.25) is 15.0 Å². The zero-order valence-electron chi connectivity index (χ0n) is 15.1. The number of piperazine rings is 1. The van der Waals surface area contributed by atoms with Crippen LogP contribution in [0, 0.1) is 10.1 Å². The van der Waals surface area contributed by atoms with Crippen molar-refractivity contribution < 1.29 is 4.92 Å². The second-order valence-corrected chi connectivity index (χ2v) is 8.07. The van der Waals surface area contributed by atoms with Crippen LogP contribution in [0.15, 0.2) is 48.5 Å². The largest absolute Gasteiger partial charge is 0.346 e. The normalized spacial score (nSPS) is 14.9. The van der Waals surface area contributed by atoms with Crippen LogP contribution in [0.4, 0.5) is 11.4 Å². The number of hydrogen-bond donors (Lipinski definition) is 1. The zero-order chi connectivity index (χ0) is 19.5. The SMILES string of the molecule is O=[N+]([O-])c1ccc(NC(=S)N2CCN(Cc3nc4ccccc4s3)CC2)cc1. The fourth-order valence-electron chi connectivity index (χ4n) is 3.16. The van der Waals surface area contributed by atoms with E-state index in [4.69, 9.17) is 17.2 Å². The molecule has 0 amide bonds. The molecule has 0 bridgehead atoms. The third-order valence-electron chi connectivity index (χ3n) is 4.69. The standard InChI is InChI=1S/C19H19N5O2S2/c25-24(26)15-7-5-14(6-8-15)20-19(27)23-11-9-22(10-12-23)13-18-21-16-3-1-2-4-17(16)28-18/h1-8H,9-13H2,(H,20,27). The first-order valence-corrected chi connectivity index (χ1v) is 10.2. The molecular weight excluding hydrogens is 394 g/mol. The molecule has 0 saturated carbocycles. The average Bonchev–Trinajstić information content (AvgIpc) is 3.11. The molecule has 7 nitrogen and oxygen atoms in total. The Morgan fingerprint density at radius 3 is 2.54 bits per heavy atom. The lowest BCUT2D eigenvalue weighted by atomic mass is 10.3. The van der Waals surface area contributed by atoms with Crippen LogP contribution < -0.4 is 5.32 Å². The van der Waals surface area contributed by atoms with Crippen molar-refractivity contribution in [1.82, 2.24) is 14.8 Å². The van der Waals surface area contributed by atoms with Crippen LogP contribution in [0.25, 0.3) is 10.2 Å². The van der Waals surface area contributed by atoms with Gasteiger partial charge in [0, 0.05) is 44.0 Å². The number of thiazole rings is 1. The van der Waals surface area contributed by atoms with E-state index in [0.29, 0.717) is 5.11 Å². The fraction of sp³-hybridized carbons (Fsp3) is 0.263.